The van der Waals surface area contributed by atoms with E-state index in [0.29, 0.717) is 27.9 Å². The number of nitrogens with one attached hydrogen (secondary N) is 2. The number of pyridine rings is 1. The molecule has 1 aliphatic rings. The number of imidazole rings is 1. The minimum Gasteiger partial charge on any atom is -0.344 e. The van der Waals surface area contributed by atoms with Crippen molar-refractivity contribution in [2.45, 2.75) is 0 Å². The second kappa shape index (κ2) is 4.48. The van der Waals surface area contributed by atoms with Crippen molar-refractivity contribution in [2.24, 2.45) is 0 Å². The molecule has 0 fully saturated rings. The van der Waals surface area contributed by atoms with Gasteiger partial charge in [-0.2, -0.15) is 0 Å². The maximum Gasteiger partial charge on any atom is 0.259 e. The van der Waals surface area contributed by atoms with Crippen molar-refractivity contribution in [3.05, 3.63) is 59.9 Å². The minimum atomic E-state index is -0.399. The van der Waals surface area contributed by atoms with Crippen molar-refractivity contribution in [1.82, 2.24) is 20.3 Å². The van der Waals surface area contributed by atoms with E-state index in [4.69, 9.17) is 4.98 Å². The van der Waals surface area contributed by atoms with Crippen LogP contribution in [0.15, 0.2) is 48.8 Å². The predicted molar refractivity (Wildman–Crippen MR) is 88.6 cm³/mol. The van der Waals surface area contributed by atoms with Gasteiger partial charge in [-0.25, -0.2) is 9.97 Å². The second-order valence-corrected chi connectivity index (χ2v) is 5.62. The Morgan fingerprint density at radius 3 is 2.62 bits per heavy atom. The van der Waals surface area contributed by atoms with Gasteiger partial charge in [-0.1, -0.05) is 30.3 Å². The number of benzene rings is 2. The van der Waals surface area contributed by atoms with E-state index in [1.807, 2.05) is 24.3 Å². The van der Waals surface area contributed by atoms with Crippen LogP contribution in [0.4, 0.5) is 0 Å². The third kappa shape index (κ3) is 1.59. The number of aromatic amines is 1. The highest BCUT2D eigenvalue weighted by Gasteiger charge is 2.30. The van der Waals surface area contributed by atoms with Gasteiger partial charge in [0.2, 0.25) is 0 Å². The first-order valence-corrected chi connectivity index (χ1v) is 7.45. The zero-order valence-electron chi connectivity index (χ0n) is 12.3. The van der Waals surface area contributed by atoms with E-state index in [1.54, 1.807) is 24.5 Å². The first kappa shape index (κ1) is 13.0. The Kier molecular flexibility index (Phi) is 2.42. The number of imide groups is 1. The van der Waals surface area contributed by atoms with Gasteiger partial charge in [0.05, 0.1) is 34.2 Å². The molecule has 0 atom stereocenters. The summed E-state index contributed by atoms with van der Waals surface area (Å²) in [5, 5.41) is 3.30. The number of carbonyl (C=O) groups excluding carboxylic acids is 2. The molecule has 2 amide bonds. The summed E-state index contributed by atoms with van der Waals surface area (Å²) in [6.45, 7) is 0. The third-order valence-electron chi connectivity index (χ3n) is 4.29. The molecule has 0 radical (unpaired) electrons. The fourth-order valence-corrected chi connectivity index (χ4v) is 3.24. The average molecular weight is 314 g/mol. The van der Waals surface area contributed by atoms with E-state index < -0.39 is 5.91 Å². The molecule has 2 N–H and O–H groups in total. The normalized spacial score (nSPS) is 13.5. The minimum absolute atomic E-state index is 0.356. The van der Waals surface area contributed by atoms with E-state index in [-0.39, 0.29) is 5.91 Å². The van der Waals surface area contributed by atoms with Crippen molar-refractivity contribution >= 4 is 33.8 Å². The molecule has 6 heteroatoms. The fourth-order valence-electron chi connectivity index (χ4n) is 3.24. The van der Waals surface area contributed by atoms with Gasteiger partial charge in [-0.3, -0.25) is 14.9 Å². The molecule has 1 aliphatic heterocycles. The van der Waals surface area contributed by atoms with Crippen LogP contribution in [-0.2, 0) is 0 Å². The molecule has 0 aliphatic carbocycles. The van der Waals surface area contributed by atoms with Gasteiger partial charge < -0.3 is 4.98 Å². The largest absolute Gasteiger partial charge is 0.344 e. The van der Waals surface area contributed by atoms with Gasteiger partial charge >= 0.3 is 0 Å². The van der Waals surface area contributed by atoms with Gasteiger partial charge in [-0.05, 0) is 12.1 Å². The van der Waals surface area contributed by atoms with Gasteiger partial charge in [0, 0.05) is 10.9 Å². The zero-order chi connectivity index (χ0) is 16.3. The molecule has 3 heterocycles. The summed E-state index contributed by atoms with van der Waals surface area (Å²) in [6, 6.07) is 12.9. The summed E-state index contributed by atoms with van der Waals surface area (Å²) in [5.74, 6) is -0.778. The highest BCUT2D eigenvalue weighted by atomic mass is 16.2. The number of para-hydroxylation sites is 1. The molecule has 0 saturated carbocycles. The number of amides is 2. The summed E-state index contributed by atoms with van der Waals surface area (Å²) in [6.07, 6.45) is 1.61. The number of H-pyrrole nitrogens is 1. The Morgan fingerprint density at radius 1 is 0.875 bits per heavy atom. The lowest BCUT2D eigenvalue weighted by Crippen LogP contribution is -2.20. The summed E-state index contributed by atoms with van der Waals surface area (Å²) in [4.78, 5) is 36.4. The standard InChI is InChI=1S/C18H10N4O2/c23-17-11-6-3-5-10(13(11)18(24)22-17)15-16-14(19-8-20-16)9-4-1-2-7-12(9)21-15/h1-8H,(H,19,20)(H,22,23,24). The molecule has 5 rings (SSSR count). The van der Waals surface area contributed by atoms with Gasteiger partial charge in [0.25, 0.3) is 11.8 Å². The van der Waals surface area contributed by atoms with Gasteiger partial charge in [0.15, 0.2) is 0 Å². The number of carbonyl (C=O) groups is 2. The average Bonchev–Trinajstić information content (AvgIpc) is 3.20. The lowest BCUT2D eigenvalue weighted by atomic mass is 9.98. The quantitative estimate of drug-likeness (QED) is 0.529. The van der Waals surface area contributed by atoms with E-state index in [2.05, 4.69) is 15.3 Å². The topological polar surface area (TPSA) is 87.7 Å². The lowest BCUT2D eigenvalue weighted by molar-refractivity contribution is 0.0880. The Labute approximate surface area is 135 Å². The Morgan fingerprint density at radius 2 is 1.71 bits per heavy atom. The van der Waals surface area contributed by atoms with Crippen molar-refractivity contribution in [3.8, 4) is 11.3 Å². The van der Waals surface area contributed by atoms with E-state index in [9.17, 15) is 9.59 Å². The molecule has 114 valence electrons. The van der Waals surface area contributed by atoms with Crippen molar-refractivity contribution in [1.29, 1.82) is 0 Å². The van der Waals surface area contributed by atoms with Crippen molar-refractivity contribution < 1.29 is 9.59 Å². The van der Waals surface area contributed by atoms with E-state index >= 15 is 0 Å². The number of aromatic nitrogens is 3. The molecule has 0 saturated heterocycles. The van der Waals surface area contributed by atoms with Crippen LogP contribution in [-0.4, -0.2) is 26.8 Å². The molecular weight excluding hydrogens is 304 g/mol. The molecule has 0 unspecified atom stereocenters. The number of nitrogens with zero attached hydrogens (tertiary/aromatic N) is 2. The molecule has 2 aromatic carbocycles. The van der Waals surface area contributed by atoms with Crippen molar-refractivity contribution in [3.63, 3.8) is 0 Å². The summed E-state index contributed by atoms with van der Waals surface area (Å²) >= 11 is 0. The number of hydrogen-bond donors (Lipinski definition) is 2. The van der Waals surface area contributed by atoms with Crippen LogP contribution < -0.4 is 5.32 Å². The summed E-state index contributed by atoms with van der Waals surface area (Å²) in [7, 11) is 0. The van der Waals surface area contributed by atoms with Crippen LogP contribution in [0.1, 0.15) is 20.7 Å². The molecule has 0 bridgehead atoms. The van der Waals surface area contributed by atoms with Gasteiger partial charge in [0.1, 0.15) is 5.52 Å². The fraction of sp³-hybridized carbons (Fsp3) is 0. The first-order valence-electron chi connectivity index (χ1n) is 7.45. The maximum atomic E-state index is 12.2. The maximum absolute atomic E-state index is 12.2. The number of fused-ring (bicyclic) bond motifs is 4. The van der Waals surface area contributed by atoms with Crippen LogP contribution in [0.3, 0.4) is 0 Å². The monoisotopic (exact) mass is 314 g/mol. The van der Waals surface area contributed by atoms with Crippen molar-refractivity contribution in [2.75, 3.05) is 0 Å². The Bertz CT molecular complexity index is 1180. The Hall–Kier alpha value is -3.54. The van der Waals surface area contributed by atoms with Crippen LogP contribution in [0.5, 0.6) is 0 Å². The molecular formula is C18H10N4O2. The van der Waals surface area contributed by atoms with Gasteiger partial charge in [-0.15, -0.1) is 0 Å². The van der Waals surface area contributed by atoms with E-state index in [0.717, 1.165) is 16.4 Å². The number of rotatable bonds is 1. The third-order valence-corrected chi connectivity index (χ3v) is 4.29. The van der Waals surface area contributed by atoms with Crippen LogP contribution in [0, 0.1) is 0 Å². The highest BCUT2D eigenvalue weighted by molar-refractivity contribution is 6.24. The SMILES string of the molecule is O=C1NC(=O)c2c1cccc2-c1nc2ccccc2c2[nH]cnc12. The highest BCUT2D eigenvalue weighted by Crippen LogP contribution is 2.34. The zero-order valence-corrected chi connectivity index (χ0v) is 12.3. The second-order valence-electron chi connectivity index (χ2n) is 5.62. The van der Waals surface area contributed by atoms with E-state index in [1.165, 1.54) is 0 Å². The Balaban J connectivity index is 1.93. The molecule has 4 aromatic rings. The molecule has 6 nitrogen and oxygen atoms in total. The first-order chi connectivity index (χ1) is 11.7. The van der Waals surface area contributed by atoms with Crippen LogP contribution in [0.25, 0.3) is 33.2 Å². The molecule has 0 spiro atoms. The molecule has 24 heavy (non-hydrogen) atoms. The number of hydrogen-bond acceptors (Lipinski definition) is 4. The van der Waals surface area contributed by atoms with Crippen LogP contribution >= 0.6 is 0 Å². The predicted octanol–water partition coefficient (Wildman–Crippen LogP) is 2.66. The smallest absolute Gasteiger partial charge is 0.259 e. The summed E-state index contributed by atoms with van der Waals surface area (Å²) < 4.78 is 0. The molecule has 2 aromatic heterocycles. The lowest BCUT2D eigenvalue weighted by Gasteiger charge is -2.08. The van der Waals surface area contributed by atoms with Crippen LogP contribution in [0.2, 0.25) is 0 Å². The summed E-state index contributed by atoms with van der Waals surface area (Å²) in [5.41, 5.74) is 4.26.